The maximum Gasteiger partial charge on any atom is 0.509 e. The molecule has 280 valence electrons. The number of carbonyl (C=O) groups is 2. The van der Waals surface area contributed by atoms with Crippen LogP contribution in [0.2, 0.25) is 0 Å². The van der Waals surface area contributed by atoms with Crippen molar-refractivity contribution in [2.24, 2.45) is 0 Å². The Kier molecular flexibility index (Phi) is 12.7. The molecule has 26 heteroatoms. The number of anilines is 1. The van der Waals surface area contributed by atoms with Gasteiger partial charge in [0, 0.05) is 23.6 Å². The van der Waals surface area contributed by atoms with Crippen molar-refractivity contribution in [1.29, 1.82) is 0 Å². The molecule has 0 amide bonds. The Labute approximate surface area is 290 Å². The van der Waals surface area contributed by atoms with Crippen LogP contribution >= 0.6 is 27.2 Å². The molecular formula is C25H31F2N7O14P2S. The Morgan fingerprint density at radius 3 is 2.63 bits per heavy atom. The van der Waals surface area contributed by atoms with Crippen LogP contribution in [-0.4, -0.2) is 109 Å². The number of hydrogen-bond acceptors (Lipinski definition) is 19. The maximum atomic E-state index is 16.1. The molecule has 4 N–H and O–H groups in total. The van der Waals surface area contributed by atoms with Gasteiger partial charge in [0.1, 0.15) is 30.2 Å². The first-order valence-corrected chi connectivity index (χ1v) is 18.7. The third-order valence-electron chi connectivity index (χ3n) is 7.21. The van der Waals surface area contributed by atoms with Crippen molar-refractivity contribution in [2.45, 2.75) is 69.2 Å². The number of nitrogen functional groups attached to an aromatic ring is 1. The minimum Gasteiger partial charge on any atom is -0.456 e. The molecule has 3 aromatic rings. The maximum absolute atomic E-state index is 16.1. The van der Waals surface area contributed by atoms with Crippen LogP contribution in [0.5, 0.6) is 0 Å². The van der Waals surface area contributed by atoms with Crippen LogP contribution in [0.15, 0.2) is 34.5 Å². The molecule has 0 saturated carbocycles. The van der Waals surface area contributed by atoms with E-state index in [0.29, 0.717) is 4.57 Å². The van der Waals surface area contributed by atoms with Crippen LogP contribution in [0.4, 0.5) is 19.4 Å². The van der Waals surface area contributed by atoms with Gasteiger partial charge in [0.05, 0.1) is 25.6 Å². The second-order valence-electron chi connectivity index (χ2n) is 10.8. The number of aromatic amines is 1. The smallest absolute Gasteiger partial charge is 0.456 e. The molecule has 5 rings (SSSR count). The zero-order chi connectivity index (χ0) is 36.9. The van der Waals surface area contributed by atoms with Gasteiger partial charge in [-0.1, -0.05) is 0 Å². The van der Waals surface area contributed by atoms with Crippen molar-refractivity contribution in [1.82, 2.24) is 29.1 Å². The van der Waals surface area contributed by atoms with E-state index >= 15 is 8.78 Å². The number of nitrogens with one attached hydrogen (secondary N) is 1. The van der Waals surface area contributed by atoms with Gasteiger partial charge in [-0.25, -0.2) is 37.9 Å². The number of aromatic nitrogens is 6. The number of carbonyl (C=O) groups excluding carboxylic acids is 2. The summed E-state index contributed by atoms with van der Waals surface area (Å²) >= 11 is 0.244. The molecule has 10 atom stereocenters. The molecule has 21 nitrogen and oxygen atoms in total. The number of fused-ring (bicyclic) bond motifs is 1. The third-order valence-corrected chi connectivity index (χ3v) is 10.9. The first kappa shape index (κ1) is 38.6. The molecule has 0 radical (unpaired) electrons. The van der Waals surface area contributed by atoms with Crippen molar-refractivity contribution < 1.29 is 65.1 Å². The first-order chi connectivity index (χ1) is 24.4. The molecule has 2 aliphatic rings. The molecule has 0 spiro atoms. The molecule has 0 bridgehead atoms. The van der Waals surface area contributed by atoms with Gasteiger partial charge in [-0.05, 0) is 13.8 Å². The Bertz CT molecular complexity index is 1850. The average Bonchev–Trinajstić information content (AvgIpc) is 3.73. The zero-order valence-corrected chi connectivity index (χ0v) is 29.1. The Hall–Kier alpha value is -3.60. The van der Waals surface area contributed by atoms with Crippen LogP contribution in [-0.2, 0) is 46.6 Å². The van der Waals surface area contributed by atoms with E-state index in [1.165, 1.54) is 10.9 Å². The highest BCUT2D eigenvalue weighted by atomic mass is 32.7. The fourth-order valence-corrected chi connectivity index (χ4v) is 8.05. The minimum atomic E-state index is -4.75. The lowest BCUT2D eigenvalue weighted by Gasteiger charge is -2.26. The molecule has 0 aliphatic carbocycles. The molecule has 5 heterocycles. The van der Waals surface area contributed by atoms with Gasteiger partial charge in [0.25, 0.3) is 12.0 Å². The molecule has 2 unspecified atom stereocenters. The fraction of sp³-hybridized carbons (Fsp3) is 0.560. The summed E-state index contributed by atoms with van der Waals surface area (Å²) in [7, 11) is -1.08. The molecule has 0 aromatic carbocycles. The van der Waals surface area contributed by atoms with Crippen LogP contribution in [0.1, 0.15) is 26.3 Å². The lowest BCUT2D eigenvalue weighted by atomic mass is 10.1. The fourth-order valence-electron chi connectivity index (χ4n) is 5.02. The van der Waals surface area contributed by atoms with E-state index in [-0.39, 0.29) is 34.8 Å². The number of halogens is 2. The molecule has 51 heavy (non-hydrogen) atoms. The van der Waals surface area contributed by atoms with E-state index in [4.69, 9.17) is 43.0 Å². The van der Waals surface area contributed by atoms with Crippen LogP contribution in [0.25, 0.3) is 11.2 Å². The number of ether oxygens (including phenoxy) is 5. The van der Waals surface area contributed by atoms with Gasteiger partial charge in [-0.3, -0.25) is 32.8 Å². The molecule has 2 aliphatic heterocycles. The largest absolute Gasteiger partial charge is 0.509 e. The quantitative estimate of drug-likeness (QED) is 0.0798. The standard InChI is InChI=1S/C25H31F2N7O14P2S/c1-11(2)45-25(38)42-10-51-50(40,48-18-13(5-43-49-39)47-22(16(18)27)33-4-3-14(36)32-24(33)37)44-6-12-15(26)19(41-9-35)23(46-12)34-8-31-17-20(28)29-7-30-21(17)34/h3-4,7-9,11-13,15-16,18-19,22-23,39,49H,5-6,10H2,1-2H3,(H2,28,29,30)(H,32,36,37)/t12-,13-,15-,16-,18-,19-,22-,23-,50?/m1/s1. The number of alkyl halides is 2. The van der Waals surface area contributed by atoms with Gasteiger partial charge in [-0.15, -0.1) is 0 Å². The van der Waals surface area contributed by atoms with E-state index in [1.807, 2.05) is 4.98 Å². The van der Waals surface area contributed by atoms with Gasteiger partial charge < -0.3 is 38.8 Å². The summed E-state index contributed by atoms with van der Waals surface area (Å²) in [5, 5.41) is 0. The van der Waals surface area contributed by atoms with Crippen molar-refractivity contribution in [3.63, 3.8) is 0 Å². The van der Waals surface area contributed by atoms with E-state index in [1.54, 1.807) is 13.8 Å². The Morgan fingerprint density at radius 2 is 1.92 bits per heavy atom. The van der Waals surface area contributed by atoms with Crippen LogP contribution in [0.3, 0.4) is 0 Å². The first-order valence-electron chi connectivity index (χ1n) is 14.7. The van der Waals surface area contributed by atoms with Gasteiger partial charge in [0.2, 0.25) is 0 Å². The number of H-pyrrole nitrogens is 1. The van der Waals surface area contributed by atoms with Crippen molar-refractivity contribution in [3.8, 4) is 0 Å². The highest BCUT2D eigenvalue weighted by molar-refractivity contribution is 8.55. The summed E-state index contributed by atoms with van der Waals surface area (Å²) < 4.78 is 90.4. The van der Waals surface area contributed by atoms with E-state index in [9.17, 15) is 28.6 Å². The van der Waals surface area contributed by atoms with E-state index in [0.717, 1.165) is 18.6 Å². The number of hydrogen-bond donors (Lipinski definition) is 3. The lowest BCUT2D eigenvalue weighted by molar-refractivity contribution is -0.141. The van der Waals surface area contributed by atoms with Crippen LogP contribution < -0.4 is 17.0 Å². The lowest BCUT2D eigenvalue weighted by Crippen LogP contribution is -2.36. The normalized spacial score (nSPS) is 27.6. The Morgan fingerprint density at radius 1 is 1.16 bits per heavy atom. The number of rotatable bonds is 16. The SMILES string of the molecule is CC(C)OC(=O)OCSP(=O)(OC[C@H]1O[C@@H](n2cnc3c(N)ncnc32)[C@H](OC=O)[C@@H]1F)O[C@H]1[C@@H](F)[C@H](n2ccc(=O)[nH]c2=O)O[C@@H]1COPO. The van der Waals surface area contributed by atoms with Gasteiger partial charge in [0.15, 0.2) is 57.3 Å². The Balaban J connectivity index is 1.39. The minimum absolute atomic E-state index is 0.00247. The second kappa shape index (κ2) is 16.8. The second-order valence-corrected chi connectivity index (χ2v) is 15.3. The predicted molar refractivity (Wildman–Crippen MR) is 170 cm³/mol. The third kappa shape index (κ3) is 8.90. The zero-order valence-electron chi connectivity index (χ0n) is 26.4. The van der Waals surface area contributed by atoms with Crippen LogP contribution in [0, 0.1) is 0 Å². The summed E-state index contributed by atoms with van der Waals surface area (Å²) in [6, 6.07) is 0.933. The monoisotopic (exact) mass is 785 g/mol. The average molecular weight is 786 g/mol. The predicted octanol–water partition coefficient (Wildman–Crippen LogP) is 1.25. The summed E-state index contributed by atoms with van der Waals surface area (Å²) in [5.41, 5.74) is 4.28. The number of nitrogens with zero attached hydrogens (tertiary/aromatic N) is 5. The van der Waals surface area contributed by atoms with Gasteiger partial charge in [-0.2, -0.15) is 0 Å². The summed E-state index contributed by atoms with van der Waals surface area (Å²) in [6.07, 6.45) is -12.5. The van der Waals surface area contributed by atoms with Gasteiger partial charge >= 0.3 is 18.6 Å². The topological polar surface area (TPSA) is 270 Å². The van der Waals surface area contributed by atoms with Crippen molar-refractivity contribution >= 4 is 56.8 Å². The van der Waals surface area contributed by atoms with E-state index < -0.39 is 108 Å². The van der Waals surface area contributed by atoms with E-state index in [2.05, 4.69) is 15.0 Å². The number of nitrogens with two attached hydrogens (primary N) is 1. The summed E-state index contributed by atoms with van der Waals surface area (Å²) in [4.78, 5) is 70.5. The summed E-state index contributed by atoms with van der Waals surface area (Å²) in [5.74, 6) is -0.726. The molecule has 2 fully saturated rings. The number of imidazole rings is 1. The molecular weight excluding hydrogens is 754 g/mol. The summed E-state index contributed by atoms with van der Waals surface area (Å²) in [6.45, 7) is -3.06. The van der Waals surface area contributed by atoms with Crippen molar-refractivity contribution in [3.05, 3.63) is 45.8 Å². The molecule has 3 aromatic heterocycles. The highest BCUT2D eigenvalue weighted by Gasteiger charge is 2.53. The molecule has 2 saturated heterocycles. The van der Waals surface area contributed by atoms with Crippen molar-refractivity contribution in [2.75, 3.05) is 24.9 Å². The highest BCUT2D eigenvalue weighted by Crippen LogP contribution is 2.63.